The first kappa shape index (κ1) is 14.0. The van der Waals surface area contributed by atoms with E-state index in [4.69, 9.17) is 0 Å². The van der Waals surface area contributed by atoms with Crippen LogP contribution in [0.1, 0.15) is 12.8 Å². The van der Waals surface area contributed by atoms with Crippen LogP contribution in [0.2, 0.25) is 0 Å². The molecule has 1 saturated heterocycles. The summed E-state index contributed by atoms with van der Waals surface area (Å²) in [4.78, 5) is 19.7. The van der Waals surface area contributed by atoms with E-state index in [2.05, 4.69) is 9.97 Å². The van der Waals surface area contributed by atoms with Gasteiger partial charge in [-0.1, -0.05) is 0 Å². The maximum Gasteiger partial charge on any atom is 0.260 e. The second-order valence-electron chi connectivity index (χ2n) is 4.83. The third-order valence-corrected chi connectivity index (χ3v) is 5.16. The molecule has 1 aromatic rings. The van der Waals surface area contributed by atoms with Crippen molar-refractivity contribution in [3.05, 3.63) is 12.5 Å². The molecule has 2 rings (SSSR count). The first-order chi connectivity index (χ1) is 8.93. The van der Waals surface area contributed by atoms with Gasteiger partial charge in [0.2, 0.25) is 5.91 Å². The topological polar surface area (TPSA) is 86.4 Å². The lowest BCUT2D eigenvalue weighted by molar-refractivity contribution is -0.134. The Balaban J connectivity index is 2.03. The van der Waals surface area contributed by atoms with Crippen LogP contribution >= 0.6 is 0 Å². The van der Waals surface area contributed by atoms with Crippen molar-refractivity contribution in [1.82, 2.24) is 19.2 Å². The summed E-state index contributed by atoms with van der Waals surface area (Å²) in [6.45, 7) is 0.733. The predicted octanol–water partition coefficient (Wildman–Crippen LogP) is -0.101. The minimum Gasteiger partial charge on any atom is -0.349 e. The number of hydrogen-bond donors (Lipinski definition) is 1. The van der Waals surface area contributed by atoms with Crippen LogP contribution in [0.5, 0.6) is 0 Å². The second-order valence-corrected chi connectivity index (χ2v) is 6.73. The lowest BCUT2D eigenvalue weighted by Gasteiger charge is -2.31. The van der Waals surface area contributed by atoms with Crippen molar-refractivity contribution in [2.45, 2.75) is 17.9 Å². The Morgan fingerprint density at radius 2 is 2.05 bits per heavy atom. The number of piperidine rings is 1. The number of nitrogens with zero attached hydrogens (tertiary/aromatic N) is 3. The summed E-state index contributed by atoms with van der Waals surface area (Å²) in [6.07, 6.45) is 3.76. The molecular weight excluding hydrogens is 268 g/mol. The van der Waals surface area contributed by atoms with Gasteiger partial charge in [-0.2, -0.15) is 4.31 Å². The van der Waals surface area contributed by atoms with Crippen LogP contribution < -0.4 is 0 Å². The Morgan fingerprint density at radius 1 is 1.42 bits per heavy atom. The zero-order chi connectivity index (χ0) is 14.0. The monoisotopic (exact) mass is 286 g/mol. The quantitative estimate of drug-likeness (QED) is 0.840. The summed E-state index contributed by atoms with van der Waals surface area (Å²) in [6, 6.07) is 0. The molecule has 0 spiro atoms. The number of nitrogens with one attached hydrogen (secondary N) is 1. The summed E-state index contributed by atoms with van der Waals surface area (Å²) in [5.74, 6) is -0.0122. The van der Waals surface area contributed by atoms with Crippen LogP contribution in [-0.2, 0) is 14.8 Å². The number of aromatic amines is 1. The average Bonchev–Trinajstić information content (AvgIpc) is 2.92. The van der Waals surface area contributed by atoms with Gasteiger partial charge in [0, 0.05) is 33.1 Å². The third kappa shape index (κ3) is 2.79. The lowest BCUT2D eigenvalue weighted by atomic mass is 9.97. The molecule has 8 heteroatoms. The zero-order valence-electron chi connectivity index (χ0n) is 11.0. The number of hydrogen-bond acceptors (Lipinski definition) is 4. The van der Waals surface area contributed by atoms with Crippen LogP contribution in [0, 0.1) is 5.92 Å². The fraction of sp³-hybridized carbons (Fsp3) is 0.636. The van der Waals surface area contributed by atoms with E-state index in [1.165, 1.54) is 16.8 Å². The van der Waals surface area contributed by atoms with Gasteiger partial charge in [-0.25, -0.2) is 13.4 Å². The van der Waals surface area contributed by atoms with Gasteiger partial charge in [0.25, 0.3) is 10.0 Å². The van der Waals surface area contributed by atoms with Crippen molar-refractivity contribution >= 4 is 15.9 Å². The maximum absolute atomic E-state index is 12.2. The Morgan fingerprint density at radius 3 is 2.53 bits per heavy atom. The number of sulfonamides is 1. The van der Waals surface area contributed by atoms with Gasteiger partial charge in [0.1, 0.15) is 0 Å². The molecule has 0 saturated carbocycles. The standard InChI is InChI=1S/C11H18N4O3S/c1-14(2)11(16)9-3-5-15(6-4-9)19(17,18)10-7-12-8-13-10/h7-9H,3-6H2,1-2H3,(H,12,13). The molecule has 0 unspecified atom stereocenters. The summed E-state index contributed by atoms with van der Waals surface area (Å²) >= 11 is 0. The molecule has 0 aliphatic carbocycles. The number of amides is 1. The smallest absolute Gasteiger partial charge is 0.260 e. The molecule has 1 aliphatic rings. The molecule has 1 fully saturated rings. The largest absolute Gasteiger partial charge is 0.349 e. The normalized spacial score (nSPS) is 18.4. The Kier molecular flexibility index (Phi) is 3.91. The summed E-state index contributed by atoms with van der Waals surface area (Å²) in [5, 5.41) is 0.102. The third-order valence-electron chi connectivity index (χ3n) is 3.33. The molecule has 0 radical (unpaired) electrons. The van der Waals surface area contributed by atoms with Gasteiger partial charge < -0.3 is 9.88 Å². The number of H-pyrrole nitrogens is 1. The van der Waals surface area contributed by atoms with Gasteiger partial charge in [0.05, 0.1) is 12.5 Å². The van der Waals surface area contributed by atoms with E-state index in [0.29, 0.717) is 25.9 Å². The molecule has 0 atom stereocenters. The first-order valence-electron chi connectivity index (χ1n) is 6.12. The lowest BCUT2D eigenvalue weighted by Crippen LogP contribution is -2.42. The fourth-order valence-corrected chi connectivity index (χ4v) is 3.60. The molecule has 0 bridgehead atoms. The molecule has 1 aliphatic heterocycles. The van der Waals surface area contributed by atoms with E-state index in [0.717, 1.165) is 0 Å². The van der Waals surface area contributed by atoms with Crippen LogP contribution in [-0.4, -0.2) is 60.7 Å². The minimum absolute atomic E-state index is 0.0681. The molecule has 2 heterocycles. The van der Waals surface area contributed by atoms with Crippen molar-refractivity contribution in [3.8, 4) is 0 Å². The number of aromatic nitrogens is 2. The second kappa shape index (κ2) is 5.30. The number of imidazole rings is 1. The van der Waals surface area contributed by atoms with E-state index in [1.54, 1.807) is 19.0 Å². The SMILES string of the molecule is CN(C)C(=O)C1CCN(S(=O)(=O)c2cnc[nH]2)CC1. The Hall–Kier alpha value is -1.41. The van der Waals surface area contributed by atoms with Crippen molar-refractivity contribution in [2.75, 3.05) is 27.2 Å². The molecule has 1 N–H and O–H groups in total. The van der Waals surface area contributed by atoms with Crippen LogP contribution in [0.25, 0.3) is 0 Å². The van der Waals surface area contributed by atoms with E-state index in [-0.39, 0.29) is 16.9 Å². The maximum atomic E-state index is 12.2. The van der Waals surface area contributed by atoms with E-state index >= 15 is 0 Å². The molecule has 1 aromatic heterocycles. The van der Waals surface area contributed by atoms with Gasteiger partial charge in [-0.3, -0.25) is 4.79 Å². The van der Waals surface area contributed by atoms with Crippen molar-refractivity contribution in [3.63, 3.8) is 0 Å². The molecular formula is C11H18N4O3S. The molecule has 19 heavy (non-hydrogen) atoms. The Bertz CT molecular complexity index is 530. The zero-order valence-corrected chi connectivity index (χ0v) is 11.9. The highest BCUT2D eigenvalue weighted by Gasteiger charge is 2.33. The first-order valence-corrected chi connectivity index (χ1v) is 7.56. The predicted molar refractivity (Wildman–Crippen MR) is 68.8 cm³/mol. The van der Waals surface area contributed by atoms with Crippen LogP contribution in [0.15, 0.2) is 17.6 Å². The molecule has 0 aromatic carbocycles. The van der Waals surface area contributed by atoms with E-state index in [9.17, 15) is 13.2 Å². The van der Waals surface area contributed by atoms with Crippen molar-refractivity contribution in [1.29, 1.82) is 0 Å². The van der Waals surface area contributed by atoms with Crippen molar-refractivity contribution in [2.24, 2.45) is 5.92 Å². The highest BCUT2D eigenvalue weighted by molar-refractivity contribution is 7.89. The number of carbonyl (C=O) groups is 1. The average molecular weight is 286 g/mol. The highest BCUT2D eigenvalue weighted by atomic mass is 32.2. The van der Waals surface area contributed by atoms with E-state index in [1.807, 2.05) is 0 Å². The summed E-state index contributed by atoms with van der Waals surface area (Å²) < 4.78 is 25.8. The summed E-state index contributed by atoms with van der Waals surface area (Å²) in [5.41, 5.74) is 0. The van der Waals surface area contributed by atoms with Crippen LogP contribution in [0.3, 0.4) is 0 Å². The summed E-state index contributed by atoms with van der Waals surface area (Å²) in [7, 11) is -0.0611. The molecule has 106 valence electrons. The molecule has 7 nitrogen and oxygen atoms in total. The number of carbonyl (C=O) groups excluding carboxylic acids is 1. The highest BCUT2D eigenvalue weighted by Crippen LogP contribution is 2.23. The van der Waals surface area contributed by atoms with Gasteiger partial charge in [0.15, 0.2) is 5.03 Å². The van der Waals surface area contributed by atoms with Crippen molar-refractivity contribution < 1.29 is 13.2 Å². The van der Waals surface area contributed by atoms with E-state index < -0.39 is 10.0 Å². The van der Waals surface area contributed by atoms with Gasteiger partial charge in [-0.15, -0.1) is 0 Å². The minimum atomic E-state index is -3.50. The fourth-order valence-electron chi connectivity index (χ4n) is 2.23. The van der Waals surface area contributed by atoms with Gasteiger partial charge in [-0.05, 0) is 12.8 Å². The van der Waals surface area contributed by atoms with Crippen LogP contribution in [0.4, 0.5) is 0 Å². The van der Waals surface area contributed by atoms with Gasteiger partial charge >= 0.3 is 0 Å². The Labute approximate surface area is 112 Å². The number of rotatable bonds is 3. The molecule has 1 amide bonds.